The standard InChI is InChI=1S/C15H24N2O2/c1-11(13-4-5-13)17(8-9-19-3)15-7-6-14(10-16-15)12(2)18/h6-7,10-13,18H,4-5,8-9H2,1-3H3. The molecule has 0 amide bonds. The predicted octanol–water partition coefficient (Wildman–Crippen LogP) is 2.39. The molecule has 1 heterocycles. The molecule has 19 heavy (non-hydrogen) atoms. The van der Waals surface area contributed by atoms with Gasteiger partial charge in [0.2, 0.25) is 0 Å². The summed E-state index contributed by atoms with van der Waals surface area (Å²) < 4.78 is 5.20. The fraction of sp³-hybridized carbons (Fsp3) is 0.667. The van der Waals surface area contributed by atoms with Crippen LogP contribution in [0.4, 0.5) is 5.82 Å². The molecule has 1 aromatic heterocycles. The quantitative estimate of drug-likeness (QED) is 0.821. The van der Waals surface area contributed by atoms with Gasteiger partial charge in [0.1, 0.15) is 5.82 Å². The minimum absolute atomic E-state index is 0.463. The summed E-state index contributed by atoms with van der Waals surface area (Å²) in [5.74, 6) is 1.76. The number of hydrogen-bond acceptors (Lipinski definition) is 4. The van der Waals surface area contributed by atoms with Gasteiger partial charge in [-0.15, -0.1) is 0 Å². The number of rotatable bonds is 7. The van der Waals surface area contributed by atoms with Crippen molar-refractivity contribution in [2.24, 2.45) is 5.92 Å². The number of aromatic nitrogens is 1. The number of ether oxygens (including phenoxy) is 1. The first-order chi connectivity index (χ1) is 9.13. The Balaban J connectivity index is 2.11. The summed E-state index contributed by atoms with van der Waals surface area (Å²) in [7, 11) is 1.73. The summed E-state index contributed by atoms with van der Waals surface area (Å²) in [6.45, 7) is 5.58. The average Bonchev–Trinajstić information content (AvgIpc) is 3.23. The van der Waals surface area contributed by atoms with Crippen LogP contribution in [0.5, 0.6) is 0 Å². The van der Waals surface area contributed by atoms with E-state index in [1.54, 1.807) is 20.2 Å². The van der Waals surface area contributed by atoms with Crippen molar-refractivity contribution in [1.29, 1.82) is 0 Å². The molecule has 0 spiro atoms. The van der Waals surface area contributed by atoms with E-state index in [1.165, 1.54) is 12.8 Å². The second kappa shape index (κ2) is 6.35. The number of pyridine rings is 1. The van der Waals surface area contributed by atoms with E-state index in [0.29, 0.717) is 12.6 Å². The highest BCUT2D eigenvalue weighted by molar-refractivity contribution is 5.41. The van der Waals surface area contributed by atoms with E-state index in [4.69, 9.17) is 4.74 Å². The third-order valence-electron chi connectivity index (χ3n) is 3.88. The Bertz CT molecular complexity index is 388. The molecule has 0 aliphatic heterocycles. The summed E-state index contributed by atoms with van der Waals surface area (Å²) >= 11 is 0. The van der Waals surface area contributed by atoms with Crippen molar-refractivity contribution >= 4 is 5.82 Å². The topological polar surface area (TPSA) is 45.6 Å². The molecular weight excluding hydrogens is 240 g/mol. The maximum absolute atomic E-state index is 9.53. The van der Waals surface area contributed by atoms with E-state index in [0.717, 1.165) is 23.8 Å². The minimum atomic E-state index is -0.463. The number of hydrogen-bond donors (Lipinski definition) is 1. The van der Waals surface area contributed by atoms with Gasteiger partial charge in [-0.05, 0) is 44.2 Å². The lowest BCUT2D eigenvalue weighted by molar-refractivity contribution is 0.198. The lowest BCUT2D eigenvalue weighted by Crippen LogP contribution is -2.37. The van der Waals surface area contributed by atoms with E-state index < -0.39 is 6.10 Å². The Labute approximate surface area is 115 Å². The average molecular weight is 264 g/mol. The second-order valence-corrected chi connectivity index (χ2v) is 5.39. The molecule has 106 valence electrons. The maximum atomic E-state index is 9.53. The van der Waals surface area contributed by atoms with Crippen LogP contribution in [-0.2, 0) is 4.74 Å². The highest BCUT2D eigenvalue weighted by Gasteiger charge is 2.32. The summed E-state index contributed by atoms with van der Waals surface area (Å²) in [5.41, 5.74) is 0.856. The zero-order chi connectivity index (χ0) is 13.8. The number of methoxy groups -OCH3 is 1. The third kappa shape index (κ3) is 3.67. The number of aliphatic hydroxyl groups is 1. The molecule has 4 heteroatoms. The van der Waals surface area contributed by atoms with Crippen LogP contribution in [0.15, 0.2) is 18.3 Å². The van der Waals surface area contributed by atoms with Crippen molar-refractivity contribution in [3.8, 4) is 0 Å². The van der Waals surface area contributed by atoms with Gasteiger partial charge in [-0.2, -0.15) is 0 Å². The monoisotopic (exact) mass is 264 g/mol. The lowest BCUT2D eigenvalue weighted by Gasteiger charge is -2.30. The van der Waals surface area contributed by atoms with Gasteiger partial charge in [0.15, 0.2) is 0 Å². The highest BCUT2D eigenvalue weighted by Crippen LogP contribution is 2.36. The summed E-state index contributed by atoms with van der Waals surface area (Å²) in [4.78, 5) is 6.81. The molecule has 0 aromatic carbocycles. The zero-order valence-electron chi connectivity index (χ0n) is 12.0. The van der Waals surface area contributed by atoms with Gasteiger partial charge >= 0.3 is 0 Å². The smallest absolute Gasteiger partial charge is 0.128 e. The Morgan fingerprint density at radius 2 is 2.16 bits per heavy atom. The summed E-state index contributed by atoms with van der Waals surface area (Å²) in [6, 6.07) is 4.45. The van der Waals surface area contributed by atoms with Crippen LogP contribution < -0.4 is 4.90 Å². The number of anilines is 1. The number of aliphatic hydroxyl groups excluding tert-OH is 1. The Morgan fingerprint density at radius 3 is 2.63 bits per heavy atom. The Morgan fingerprint density at radius 1 is 1.42 bits per heavy atom. The molecule has 0 saturated heterocycles. The van der Waals surface area contributed by atoms with Gasteiger partial charge in [-0.3, -0.25) is 0 Å². The molecule has 2 atom stereocenters. The van der Waals surface area contributed by atoms with Crippen LogP contribution in [-0.4, -0.2) is 36.4 Å². The van der Waals surface area contributed by atoms with Gasteiger partial charge in [-0.25, -0.2) is 4.98 Å². The molecule has 4 nitrogen and oxygen atoms in total. The van der Waals surface area contributed by atoms with Crippen LogP contribution in [0.1, 0.15) is 38.4 Å². The van der Waals surface area contributed by atoms with Gasteiger partial charge in [-0.1, -0.05) is 6.07 Å². The van der Waals surface area contributed by atoms with E-state index >= 15 is 0 Å². The Kier molecular flexibility index (Phi) is 4.77. The van der Waals surface area contributed by atoms with Crippen molar-refractivity contribution in [2.45, 2.75) is 38.8 Å². The molecule has 0 bridgehead atoms. The van der Waals surface area contributed by atoms with Crippen LogP contribution in [0.2, 0.25) is 0 Å². The normalized spacial score (nSPS) is 18.1. The van der Waals surface area contributed by atoms with E-state index in [9.17, 15) is 5.11 Å². The summed E-state index contributed by atoms with van der Waals surface area (Å²) in [5, 5.41) is 9.53. The van der Waals surface area contributed by atoms with Crippen LogP contribution >= 0.6 is 0 Å². The predicted molar refractivity (Wildman–Crippen MR) is 76.3 cm³/mol. The van der Waals surface area contributed by atoms with E-state index in [1.807, 2.05) is 12.1 Å². The molecule has 2 unspecified atom stereocenters. The van der Waals surface area contributed by atoms with Crippen molar-refractivity contribution in [1.82, 2.24) is 4.98 Å². The molecule has 1 aliphatic carbocycles. The zero-order valence-corrected chi connectivity index (χ0v) is 12.0. The van der Waals surface area contributed by atoms with Crippen molar-refractivity contribution in [3.05, 3.63) is 23.9 Å². The molecule has 0 radical (unpaired) electrons. The first kappa shape index (κ1) is 14.3. The molecule has 1 fully saturated rings. The van der Waals surface area contributed by atoms with Gasteiger partial charge in [0, 0.05) is 25.9 Å². The second-order valence-electron chi connectivity index (χ2n) is 5.39. The van der Waals surface area contributed by atoms with Crippen LogP contribution in [0.25, 0.3) is 0 Å². The van der Waals surface area contributed by atoms with Crippen LogP contribution in [0, 0.1) is 5.92 Å². The van der Waals surface area contributed by atoms with Crippen molar-refractivity contribution in [3.63, 3.8) is 0 Å². The highest BCUT2D eigenvalue weighted by atomic mass is 16.5. The Hall–Kier alpha value is -1.13. The first-order valence-electron chi connectivity index (χ1n) is 7.03. The molecule has 1 saturated carbocycles. The fourth-order valence-corrected chi connectivity index (χ4v) is 2.36. The van der Waals surface area contributed by atoms with Gasteiger partial charge in [0.05, 0.1) is 12.7 Å². The summed E-state index contributed by atoms with van der Waals surface area (Å²) in [6.07, 6.45) is 3.93. The molecule has 1 aromatic rings. The SMILES string of the molecule is COCCN(c1ccc(C(C)O)cn1)C(C)C1CC1. The van der Waals surface area contributed by atoms with Gasteiger partial charge < -0.3 is 14.7 Å². The van der Waals surface area contributed by atoms with Crippen molar-refractivity contribution < 1.29 is 9.84 Å². The first-order valence-corrected chi connectivity index (χ1v) is 7.03. The lowest BCUT2D eigenvalue weighted by atomic mass is 10.1. The number of nitrogens with zero attached hydrogens (tertiary/aromatic N) is 2. The third-order valence-corrected chi connectivity index (χ3v) is 3.88. The maximum Gasteiger partial charge on any atom is 0.128 e. The largest absolute Gasteiger partial charge is 0.389 e. The van der Waals surface area contributed by atoms with Gasteiger partial charge in [0.25, 0.3) is 0 Å². The van der Waals surface area contributed by atoms with E-state index in [2.05, 4.69) is 16.8 Å². The van der Waals surface area contributed by atoms with Crippen LogP contribution in [0.3, 0.4) is 0 Å². The van der Waals surface area contributed by atoms with E-state index in [-0.39, 0.29) is 0 Å². The molecule has 1 aliphatic rings. The minimum Gasteiger partial charge on any atom is -0.389 e. The van der Waals surface area contributed by atoms with Crippen molar-refractivity contribution in [2.75, 3.05) is 25.2 Å². The molecule has 1 N–H and O–H groups in total. The molecular formula is C15H24N2O2. The molecule has 2 rings (SSSR count). The fourth-order valence-electron chi connectivity index (χ4n) is 2.36.